The minimum absolute atomic E-state index is 0.0192. The summed E-state index contributed by atoms with van der Waals surface area (Å²) >= 11 is 2.96. The van der Waals surface area contributed by atoms with E-state index in [2.05, 4.69) is 34.6 Å². The predicted molar refractivity (Wildman–Crippen MR) is 84.4 cm³/mol. The Labute approximate surface area is 127 Å². The first-order valence-electron chi connectivity index (χ1n) is 6.42. The van der Waals surface area contributed by atoms with Crippen LogP contribution in [0.4, 0.5) is 5.13 Å². The zero-order valence-corrected chi connectivity index (χ0v) is 13.3. The van der Waals surface area contributed by atoms with E-state index in [1.54, 1.807) is 11.8 Å². The van der Waals surface area contributed by atoms with Crippen molar-refractivity contribution in [3.8, 4) is 0 Å². The average molecular weight is 307 g/mol. The smallest absolute Gasteiger partial charge is 0.239 e. The molecule has 0 spiro atoms. The van der Waals surface area contributed by atoms with E-state index in [0.29, 0.717) is 5.13 Å². The fourth-order valence-corrected chi connectivity index (χ4v) is 3.19. The monoisotopic (exact) mass is 307 g/mol. The number of anilines is 1. The zero-order chi connectivity index (χ0) is 14.5. The Hall–Kier alpha value is -1.40. The van der Waals surface area contributed by atoms with Gasteiger partial charge in [0, 0.05) is 4.90 Å². The number of thioether (sulfide) groups is 1. The molecule has 4 nitrogen and oxygen atoms in total. The molecule has 2 rings (SSSR count). The molecule has 0 bridgehead atoms. The predicted octanol–water partition coefficient (Wildman–Crippen LogP) is 3.66. The third kappa shape index (κ3) is 4.05. The van der Waals surface area contributed by atoms with Crippen LogP contribution >= 0.6 is 23.1 Å². The number of carbonyl (C=O) groups excluding carboxylic acids is 1. The number of aryl methyl sites for hydroxylation is 2. The summed E-state index contributed by atoms with van der Waals surface area (Å²) in [6.45, 7) is 5.93. The van der Waals surface area contributed by atoms with Gasteiger partial charge in [-0.05, 0) is 32.4 Å². The molecule has 0 aliphatic heterocycles. The maximum absolute atomic E-state index is 12.2. The van der Waals surface area contributed by atoms with Crippen molar-refractivity contribution in [1.29, 1.82) is 0 Å². The third-order valence-electron chi connectivity index (χ3n) is 2.72. The van der Waals surface area contributed by atoms with Gasteiger partial charge < -0.3 is 0 Å². The van der Waals surface area contributed by atoms with E-state index in [-0.39, 0.29) is 11.2 Å². The molecule has 1 aromatic carbocycles. The summed E-state index contributed by atoms with van der Waals surface area (Å²) in [5, 5.41) is 11.9. The van der Waals surface area contributed by atoms with E-state index < -0.39 is 0 Å². The highest BCUT2D eigenvalue weighted by molar-refractivity contribution is 8.00. The number of aromatic nitrogens is 2. The molecule has 0 unspecified atom stereocenters. The summed E-state index contributed by atoms with van der Waals surface area (Å²) in [4.78, 5) is 13.3. The Bertz CT molecular complexity index is 580. The summed E-state index contributed by atoms with van der Waals surface area (Å²) < 4.78 is 0. The number of hydrogen-bond donors (Lipinski definition) is 1. The van der Waals surface area contributed by atoms with Crippen molar-refractivity contribution in [2.75, 3.05) is 5.32 Å². The lowest BCUT2D eigenvalue weighted by Crippen LogP contribution is -2.24. The summed E-state index contributed by atoms with van der Waals surface area (Å²) in [5.74, 6) is -0.0192. The van der Waals surface area contributed by atoms with Gasteiger partial charge >= 0.3 is 0 Å². The Morgan fingerprint density at radius 1 is 1.30 bits per heavy atom. The van der Waals surface area contributed by atoms with Crippen molar-refractivity contribution in [2.24, 2.45) is 0 Å². The van der Waals surface area contributed by atoms with Gasteiger partial charge in [-0.1, -0.05) is 36.0 Å². The molecule has 1 amide bonds. The van der Waals surface area contributed by atoms with Crippen LogP contribution in [0.1, 0.15) is 23.9 Å². The highest BCUT2D eigenvalue weighted by Gasteiger charge is 2.19. The molecule has 2 aromatic rings. The van der Waals surface area contributed by atoms with Crippen molar-refractivity contribution >= 4 is 34.1 Å². The maximum Gasteiger partial charge on any atom is 0.239 e. The van der Waals surface area contributed by atoms with Crippen LogP contribution in [0, 0.1) is 13.8 Å². The topological polar surface area (TPSA) is 54.9 Å². The summed E-state index contributed by atoms with van der Waals surface area (Å²) in [6.07, 6.45) is 0.766. The van der Waals surface area contributed by atoms with Gasteiger partial charge in [0.2, 0.25) is 11.0 Å². The van der Waals surface area contributed by atoms with Gasteiger partial charge in [-0.25, -0.2) is 0 Å². The van der Waals surface area contributed by atoms with Crippen LogP contribution in [0.3, 0.4) is 0 Å². The van der Waals surface area contributed by atoms with Crippen LogP contribution in [0.5, 0.6) is 0 Å². The SMILES string of the molecule is CC[C@@H](Sc1ccc(C)cc1)C(=O)Nc1nnc(C)s1. The van der Waals surface area contributed by atoms with Gasteiger partial charge in [0.25, 0.3) is 0 Å². The standard InChI is InChI=1S/C14H17N3OS2/c1-4-12(20-11-7-5-9(2)6-8-11)13(18)15-14-17-16-10(3)19-14/h5-8,12H,4H2,1-3H3,(H,15,17,18)/t12-/m1/s1. The Morgan fingerprint density at radius 3 is 2.55 bits per heavy atom. The molecule has 0 aliphatic rings. The quantitative estimate of drug-likeness (QED) is 0.856. The zero-order valence-electron chi connectivity index (χ0n) is 11.7. The fourth-order valence-electron chi connectivity index (χ4n) is 1.64. The largest absolute Gasteiger partial charge is 0.300 e. The lowest BCUT2D eigenvalue weighted by Gasteiger charge is -2.13. The molecule has 106 valence electrons. The molecule has 1 N–H and O–H groups in total. The minimum Gasteiger partial charge on any atom is -0.300 e. The first-order valence-corrected chi connectivity index (χ1v) is 8.12. The van der Waals surface area contributed by atoms with Crippen LogP contribution < -0.4 is 5.32 Å². The van der Waals surface area contributed by atoms with Gasteiger partial charge in [-0.2, -0.15) is 0 Å². The second kappa shape index (κ2) is 6.85. The molecule has 0 saturated heterocycles. The van der Waals surface area contributed by atoms with Crippen LogP contribution in [0.2, 0.25) is 0 Å². The van der Waals surface area contributed by atoms with Gasteiger partial charge in [0.1, 0.15) is 5.01 Å². The first-order chi connectivity index (χ1) is 9.58. The highest BCUT2D eigenvalue weighted by atomic mass is 32.2. The van der Waals surface area contributed by atoms with Crippen molar-refractivity contribution in [3.05, 3.63) is 34.8 Å². The molecule has 0 radical (unpaired) electrons. The van der Waals surface area contributed by atoms with E-state index in [9.17, 15) is 4.79 Å². The van der Waals surface area contributed by atoms with Crippen LogP contribution in [0.15, 0.2) is 29.2 Å². The van der Waals surface area contributed by atoms with Crippen LogP contribution in [-0.4, -0.2) is 21.4 Å². The molecular formula is C14H17N3OS2. The summed E-state index contributed by atoms with van der Waals surface area (Å²) in [7, 11) is 0. The van der Waals surface area contributed by atoms with Gasteiger partial charge in [-0.15, -0.1) is 22.0 Å². The second-order valence-corrected chi connectivity index (χ2v) is 6.90. The first kappa shape index (κ1) is 15.0. The lowest BCUT2D eigenvalue weighted by molar-refractivity contribution is -0.115. The Morgan fingerprint density at radius 2 is 2.00 bits per heavy atom. The van der Waals surface area contributed by atoms with Gasteiger partial charge in [-0.3, -0.25) is 10.1 Å². The number of nitrogens with zero attached hydrogens (tertiary/aromatic N) is 2. The van der Waals surface area contributed by atoms with Gasteiger partial charge in [0.15, 0.2) is 0 Å². The number of rotatable bonds is 5. The highest BCUT2D eigenvalue weighted by Crippen LogP contribution is 2.27. The number of nitrogens with one attached hydrogen (secondary N) is 1. The normalized spacial score (nSPS) is 12.2. The fraction of sp³-hybridized carbons (Fsp3) is 0.357. The van der Waals surface area contributed by atoms with Crippen LogP contribution in [0.25, 0.3) is 0 Å². The maximum atomic E-state index is 12.2. The molecule has 1 atom stereocenters. The van der Waals surface area contributed by atoms with Crippen molar-refractivity contribution in [3.63, 3.8) is 0 Å². The molecular weight excluding hydrogens is 290 g/mol. The second-order valence-electron chi connectivity index (χ2n) is 4.44. The van der Waals surface area contributed by atoms with E-state index in [0.717, 1.165) is 16.3 Å². The van der Waals surface area contributed by atoms with E-state index in [4.69, 9.17) is 0 Å². The number of amides is 1. The molecule has 0 fully saturated rings. The van der Waals surface area contributed by atoms with E-state index in [1.165, 1.54) is 16.9 Å². The average Bonchev–Trinajstić information content (AvgIpc) is 2.83. The summed E-state index contributed by atoms with van der Waals surface area (Å²) in [6, 6.07) is 8.21. The number of hydrogen-bond acceptors (Lipinski definition) is 5. The summed E-state index contributed by atoms with van der Waals surface area (Å²) in [5.41, 5.74) is 1.22. The molecule has 6 heteroatoms. The lowest BCUT2D eigenvalue weighted by atomic mass is 10.2. The van der Waals surface area contributed by atoms with Crippen molar-refractivity contribution < 1.29 is 4.79 Å². The van der Waals surface area contributed by atoms with Crippen molar-refractivity contribution in [1.82, 2.24) is 10.2 Å². The Kier molecular flexibility index (Phi) is 5.14. The molecule has 0 saturated carbocycles. The van der Waals surface area contributed by atoms with Crippen LogP contribution in [-0.2, 0) is 4.79 Å². The van der Waals surface area contributed by atoms with E-state index >= 15 is 0 Å². The van der Waals surface area contributed by atoms with Gasteiger partial charge in [0.05, 0.1) is 5.25 Å². The number of carbonyl (C=O) groups is 1. The van der Waals surface area contributed by atoms with E-state index in [1.807, 2.05) is 26.0 Å². The number of benzene rings is 1. The molecule has 0 aliphatic carbocycles. The third-order valence-corrected chi connectivity index (χ3v) is 4.85. The van der Waals surface area contributed by atoms with Crippen molar-refractivity contribution in [2.45, 2.75) is 37.3 Å². The molecule has 1 aromatic heterocycles. The minimum atomic E-state index is -0.123. The molecule has 20 heavy (non-hydrogen) atoms. The Balaban J connectivity index is 2.00. The molecule has 1 heterocycles.